The highest BCUT2D eigenvalue weighted by Crippen LogP contribution is 2.28. The molecule has 0 spiro atoms. The van der Waals surface area contributed by atoms with Crippen molar-refractivity contribution in [1.82, 2.24) is 9.55 Å². The summed E-state index contributed by atoms with van der Waals surface area (Å²) in [5.74, 6) is -0.305. The third-order valence-corrected chi connectivity index (χ3v) is 3.76. The van der Waals surface area contributed by atoms with Crippen LogP contribution in [-0.2, 0) is 11.3 Å². The molecule has 0 unspecified atom stereocenters. The fourth-order valence-corrected chi connectivity index (χ4v) is 2.44. The molecule has 1 heterocycles. The third kappa shape index (κ3) is 3.00. The Morgan fingerprint density at radius 1 is 1.43 bits per heavy atom. The van der Waals surface area contributed by atoms with Gasteiger partial charge in [-0.1, -0.05) is 6.07 Å². The van der Waals surface area contributed by atoms with E-state index in [9.17, 15) is 9.59 Å². The molecule has 3 rings (SSSR count). The zero-order valence-electron chi connectivity index (χ0n) is 11.7. The lowest BCUT2D eigenvalue weighted by Crippen LogP contribution is -2.17. The summed E-state index contributed by atoms with van der Waals surface area (Å²) in [5.41, 5.74) is 0.852. The molecule has 112 valence electrons. The Hall–Kier alpha value is -2.08. The van der Waals surface area contributed by atoms with Crippen LogP contribution in [0.5, 0.6) is 0 Å². The van der Waals surface area contributed by atoms with Crippen LogP contribution < -0.4 is 5.69 Å². The lowest BCUT2D eigenvalue weighted by atomic mass is 10.2. The minimum Gasteiger partial charge on any atom is -0.478 e. The second-order valence-corrected chi connectivity index (χ2v) is 5.46. The number of H-pyrrole nitrogens is 1. The van der Waals surface area contributed by atoms with Gasteiger partial charge >= 0.3 is 11.7 Å². The topological polar surface area (TPSA) is 84.3 Å². The highest BCUT2D eigenvalue weighted by molar-refractivity contribution is 6.00. The van der Waals surface area contributed by atoms with Crippen LogP contribution in [0.4, 0.5) is 0 Å². The van der Waals surface area contributed by atoms with E-state index in [-0.39, 0.29) is 11.3 Å². The van der Waals surface area contributed by atoms with Gasteiger partial charge in [0.05, 0.1) is 16.6 Å². The molecule has 1 aliphatic rings. The number of benzene rings is 1. The number of ether oxygens (including phenoxy) is 1. The van der Waals surface area contributed by atoms with Crippen LogP contribution in [0.1, 0.15) is 29.6 Å². The molecule has 2 N–H and O–H groups in total. The lowest BCUT2D eigenvalue weighted by molar-refractivity contribution is 0.0699. The molecule has 0 atom stereocenters. The van der Waals surface area contributed by atoms with E-state index in [1.54, 1.807) is 16.7 Å². The molecule has 0 radical (unpaired) electrons. The monoisotopic (exact) mass is 290 g/mol. The van der Waals surface area contributed by atoms with Crippen LogP contribution in [0.15, 0.2) is 23.0 Å². The van der Waals surface area contributed by atoms with Gasteiger partial charge in [0.2, 0.25) is 0 Å². The third-order valence-electron chi connectivity index (χ3n) is 3.76. The van der Waals surface area contributed by atoms with Gasteiger partial charge in [-0.15, -0.1) is 0 Å². The number of imidazole rings is 1. The molecule has 0 aliphatic heterocycles. The predicted octanol–water partition coefficient (Wildman–Crippen LogP) is 1.84. The Morgan fingerprint density at radius 3 is 2.95 bits per heavy atom. The number of nitrogens with zero attached hydrogens (tertiary/aromatic N) is 1. The molecule has 21 heavy (non-hydrogen) atoms. The molecule has 0 saturated heterocycles. The van der Waals surface area contributed by atoms with E-state index in [0.717, 1.165) is 18.9 Å². The van der Waals surface area contributed by atoms with Crippen molar-refractivity contribution in [3.63, 3.8) is 0 Å². The smallest absolute Gasteiger partial charge is 0.337 e. The number of aromatic nitrogens is 2. The van der Waals surface area contributed by atoms with Crippen LogP contribution in [0.3, 0.4) is 0 Å². The fourth-order valence-electron chi connectivity index (χ4n) is 2.44. The van der Waals surface area contributed by atoms with E-state index in [0.29, 0.717) is 24.2 Å². The van der Waals surface area contributed by atoms with E-state index < -0.39 is 5.97 Å². The average Bonchev–Trinajstić information content (AvgIpc) is 3.22. The molecule has 1 aromatic carbocycles. The van der Waals surface area contributed by atoms with Gasteiger partial charge in [0.1, 0.15) is 0 Å². The summed E-state index contributed by atoms with van der Waals surface area (Å²) < 4.78 is 7.12. The van der Waals surface area contributed by atoms with Gasteiger partial charge in [-0.25, -0.2) is 9.59 Å². The molecule has 6 nitrogen and oxygen atoms in total. The highest BCUT2D eigenvalue weighted by atomic mass is 16.5. The molecular weight excluding hydrogens is 272 g/mol. The average molecular weight is 290 g/mol. The Morgan fingerprint density at radius 2 is 2.24 bits per heavy atom. The molecule has 2 aromatic rings. The van der Waals surface area contributed by atoms with Gasteiger partial charge in [-0.05, 0) is 37.3 Å². The summed E-state index contributed by atoms with van der Waals surface area (Å²) in [6.07, 6.45) is 3.26. The minimum atomic E-state index is -1.04. The zero-order valence-corrected chi connectivity index (χ0v) is 11.7. The molecule has 1 aliphatic carbocycles. The van der Waals surface area contributed by atoms with E-state index in [1.165, 1.54) is 18.9 Å². The first-order chi connectivity index (χ1) is 10.2. The predicted molar refractivity (Wildman–Crippen MR) is 77.7 cm³/mol. The summed E-state index contributed by atoms with van der Waals surface area (Å²) >= 11 is 0. The van der Waals surface area contributed by atoms with E-state index >= 15 is 0 Å². The summed E-state index contributed by atoms with van der Waals surface area (Å²) in [6, 6.07) is 4.90. The largest absolute Gasteiger partial charge is 0.478 e. The van der Waals surface area contributed by atoms with Gasteiger partial charge in [-0.3, -0.25) is 4.57 Å². The molecule has 1 saturated carbocycles. The minimum absolute atomic E-state index is 0.119. The van der Waals surface area contributed by atoms with E-state index in [1.807, 2.05) is 0 Å². The summed E-state index contributed by atoms with van der Waals surface area (Å²) in [5, 5.41) is 9.14. The zero-order chi connectivity index (χ0) is 14.8. The number of hydrogen-bond acceptors (Lipinski definition) is 3. The first kappa shape index (κ1) is 13.9. The van der Waals surface area contributed by atoms with Crippen molar-refractivity contribution in [1.29, 1.82) is 0 Å². The normalized spacial score (nSPS) is 14.7. The summed E-state index contributed by atoms with van der Waals surface area (Å²) in [4.78, 5) is 25.8. The van der Waals surface area contributed by atoms with Crippen molar-refractivity contribution in [3.05, 3.63) is 34.2 Å². The maximum Gasteiger partial charge on any atom is 0.337 e. The first-order valence-electron chi connectivity index (χ1n) is 7.19. The number of carbonyl (C=O) groups is 1. The van der Waals surface area contributed by atoms with Crippen LogP contribution in [0.25, 0.3) is 11.0 Å². The van der Waals surface area contributed by atoms with Gasteiger partial charge in [0.15, 0.2) is 0 Å². The maximum atomic E-state index is 12.0. The quantitative estimate of drug-likeness (QED) is 0.762. The van der Waals surface area contributed by atoms with Crippen molar-refractivity contribution in [2.75, 3.05) is 13.2 Å². The lowest BCUT2D eigenvalue weighted by Gasteiger charge is -2.05. The Balaban J connectivity index is 1.72. The van der Waals surface area contributed by atoms with E-state index in [2.05, 4.69) is 4.98 Å². The van der Waals surface area contributed by atoms with Gasteiger partial charge in [-0.2, -0.15) is 0 Å². The molecule has 1 aromatic heterocycles. The van der Waals surface area contributed by atoms with Crippen LogP contribution in [-0.4, -0.2) is 33.8 Å². The molecule has 6 heteroatoms. The summed E-state index contributed by atoms with van der Waals surface area (Å²) in [6.45, 7) is 1.95. The number of carboxylic acids is 1. The SMILES string of the molecule is O=C(O)c1cccc2c1[nH]c(=O)n2CCCOCC1CC1. The number of aryl methyl sites for hydroxylation is 1. The Kier molecular flexibility index (Phi) is 3.79. The van der Waals surface area contributed by atoms with E-state index in [4.69, 9.17) is 9.84 Å². The Labute approximate surface area is 121 Å². The molecule has 1 fully saturated rings. The molecule has 0 bridgehead atoms. The maximum absolute atomic E-state index is 12.0. The highest BCUT2D eigenvalue weighted by Gasteiger charge is 2.21. The first-order valence-corrected chi connectivity index (χ1v) is 7.19. The number of hydrogen-bond donors (Lipinski definition) is 2. The standard InChI is InChI=1S/C15H18N2O4/c18-14(19)11-3-1-4-12-13(11)16-15(20)17(12)7-2-8-21-9-10-5-6-10/h1,3-4,10H,2,5-9H2,(H,16,20)(H,18,19). The van der Waals surface area contributed by atoms with Crippen molar-refractivity contribution >= 4 is 17.0 Å². The number of para-hydroxylation sites is 1. The second-order valence-electron chi connectivity index (χ2n) is 5.46. The number of fused-ring (bicyclic) bond motifs is 1. The van der Waals surface area contributed by atoms with Crippen molar-refractivity contribution < 1.29 is 14.6 Å². The molecule has 0 amide bonds. The fraction of sp³-hybridized carbons (Fsp3) is 0.467. The summed E-state index contributed by atoms with van der Waals surface area (Å²) in [7, 11) is 0. The van der Waals surface area contributed by atoms with Gasteiger partial charge in [0.25, 0.3) is 0 Å². The van der Waals surface area contributed by atoms with Crippen molar-refractivity contribution in [2.45, 2.75) is 25.8 Å². The van der Waals surface area contributed by atoms with Gasteiger partial charge < -0.3 is 14.8 Å². The Bertz CT molecular complexity index is 712. The van der Waals surface area contributed by atoms with Crippen LogP contribution in [0.2, 0.25) is 0 Å². The van der Waals surface area contributed by atoms with Crippen LogP contribution >= 0.6 is 0 Å². The van der Waals surface area contributed by atoms with Crippen molar-refractivity contribution in [3.8, 4) is 0 Å². The number of rotatable bonds is 7. The molecular formula is C15H18N2O4. The number of carboxylic acid groups (broad SMARTS) is 1. The number of nitrogens with one attached hydrogen (secondary N) is 1. The van der Waals surface area contributed by atoms with Crippen LogP contribution in [0, 0.1) is 5.92 Å². The number of aromatic carboxylic acids is 1. The van der Waals surface area contributed by atoms with Crippen molar-refractivity contribution in [2.24, 2.45) is 5.92 Å². The second kappa shape index (κ2) is 5.73. The number of aromatic amines is 1. The van der Waals surface area contributed by atoms with Gasteiger partial charge in [0, 0.05) is 19.8 Å².